The minimum Gasteiger partial charge on any atom is -0.406 e. The van der Waals surface area contributed by atoms with Crippen LogP contribution in [0, 0.1) is 11.3 Å². The number of nitrogens with one attached hydrogen (secondary N) is 1. The first-order valence-electron chi connectivity index (χ1n) is 8.32. The monoisotopic (exact) mass is 421 g/mol. The van der Waals surface area contributed by atoms with Crippen molar-refractivity contribution in [2.45, 2.75) is 12.4 Å². The van der Waals surface area contributed by atoms with E-state index in [0.717, 1.165) is 12.1 Å². The maximum absolute atomic E-state index is 12.7. The Bertz CT molecular complexity index is 940. The van der Waals surface area contributed by atoms with Crippen LogP contribution >= 0.6 is 11.8 Å². The molecule has 1 fully saturated rings. The third-order valence-electron chi connectivity index (χ3n) is 4.06. The first-order chi connectivity index (χ1) is 13.8. The fraction of sp³-hybridized carbons (Fsp3) is 0.211. The zero-order chi connectivity index (χ0) is 21.0. The number of carbonyl (C=O) groups is 2. The van der Waals surface area contributed by atoms with Crippen LogP contribution in [0.2, 0.25) is 0 Å². The van der Waals surface area contributed by atoms with Crippen LogP contribution in [0.5, 0.6) is 5.75 Å². The summed E-state index contributed by atoms with van der Waals surface area (Å²) in [6, 6.07) is 12.1. The van der Waals surface area contributed by atoms with Crippen molar-refractivity contribution in [3.05, 3.63) is 59.7 Å². The number of nitrogens with zero attached hydrogens (tertiary/aromatic N) is 2. The van der Waals surface area contributed by atoms with Gasteiger partial charge in [0.1, 0.15) is 11.8 Å². The normalized spacial score (nSPS) is 16.2. The number of thioether (sulfide) groups is 1. The maximum Gasteiger partial charge on any atom is 0.573 e. The number of hydrogen-bond acceptors (Lipinski definition) is 5. The second kappa shape index (κ2) is 8.45. The highest BCUT2D eigenvalue weighted by molar-refractivity contribution is 7.99. The van der Waals surface area contributed by atoms with Gasteiger partial charge in [0.25, 0.3) is 5.91 Å². The second-order valence-electron chi connectivity index (χ2n) is 6.04. The number of benzene rings is 2. The average Bonchev–Trinajstić information content (AvgIpc) is 3.17. The van der Waals surface area contributed by atoms with Crippen molar-refractivity contribution in [2.75, 3.05) is 16.9 Å². The number of nitriles is 1. The Morgan fingerprint density at radius 3 is 2.38 bits per heavy atom. The lowest BCUT2D eigenvalue weighted by atomic mass is 10.1. The van der Waals surface area contributed by atoms with E-state index in [1.807, 2.05) is 6.07 Å². The minimum atomic E-state index is -4.81. The summed E-state index contributed by atoms with van der Waals surface area (Å²) in [6.45, 7) is 0. The van der Waals surface area contributed by atoms with Crippen LogP contribution < -0.4 is 10.1 Å². The Balaban J connectivity index is 1.68. The van der Waals surface area contributed by atoms with Gasteiger partial charge in [0.2, 0.25) is 5.91 Å². The first-order valence-corrected chi connectivity index (χ1v) is 9.48. The maximum atomic E-state index is 12.7. The van der Waals surface area contributed by atoms with E-state index in [1.165, 1.54) is 28.8 Å². The molecule has 1 N–H and O–H groups in total. The molecule has 1 saturated heterocycles. The van der Waals surface area contributed by atoms with Gasteiger partial charge in [0.05, 0.1) is 17.5 Å². The Labute approximate surface area is 168 Å². The molecule has 0 saturated carbocycles. The number of hydrogen-bond donors (Lipinski definition) is 1. The van der Waals surface area contributed by atoms with Crippen molar-refractivity contribution in [3.8, 4) is 11.8 Å². The van der Waals surface area contributed by atoms with Crippen LogP contribution in [0.1, 0.15) is 15.9 Å². The summed E-state index contributed by atoms with van der Waals surface area (Å²) in [4.78, 5) is 26.7. The highest BCUT2D eigenvalue weighted by Crippen LogP contribution is 2.26. The van der Waals surface area contributed by atoms with Gasteiger partial charge in [0, 0.05) is 17.0 Å². The quantitative estimate of drug-likeness (QED) is 0.816. The molecule has 2 amide bonds. The molecule has 2 aromatic rings. The average molecular weight is 421 g/mol. The molecular formula is C19H14F3N3O3S. The number of halogens is 3. The van der Waals surface area contributed by atoms with Gasteiger partial charge >= 0.3 is 6.36 Å². The molecule has 0 radical (unpaired) electrons. The van der Waals surface area contributed by atoms with Crippen molar-refractivity contribution >= 4 is 29.3 Å². The van der Waals surface area contributed by atoms with Crippen LogP contribution in [0.3, 0.4) is 0 Å². The summed E-state index contributed by atoms with van der Waals surface area (Å²) in [5.41, 5.74) is 1.10. The fourth-order valence-electron chi connectivity index (χ4n) is 2.68. The zero-order valence-electron chi connectivity index (χ0n) is 14.8. The van der Waals surface area contributed by atoms with Crippen LogP contribution in [-0.4, -0.2) is 40.7 Å². The highest BCUT2D eigenvalue weighted by atomic mass is 32.2. The van der Waals surface area contributed by atoms with Crippen molar-refractivity contribution in [2.24, 2.45) is 0 Å². The molecule has 0 aliphatic carbocycles. The van der Waals surface area contributed by atoms with Crippen molar-refractivity contribution in [3.63, 3.8) is 0 Å². The molecule has 0 aromatic heterocycles. The smallest absolute Gasteiger partial charge is 0.406 e. The van der Waals surface area contributed by atoms with E-state index >= 15 is 0 Å². The lowest BCUT2D eigenvalue weighted by Gasteiger charge is -2.23. The standard InChI is InChI=1S/C19H14F3N3O3S/c20-19(21,22)28-15-7-3-13(4-8-15)18(27)25-11-29-10-16(25)17(26)24-14-5-1-12(9-23)2-6-14/h1-8,16H,10-11H2,(H,24,26). The molecule has 29 heavy (non-hydrogen) atoms. The van der Waals surface area contributed by atoms with Gasteiger partial charge in [-0.1, -0.05) is 0 Å². The Hall–Kier alpha value is -3.19. The number of anilines is 1. The summed E-state index contributed by atoms with van der Waals surface area (Å²) < 4.78 is 40.5. The SMILES string of the molecule is N#Cc1ccc(NC(=O)C2CSCN2C(=O)c2ccc(OC(F)(F)F)cc2)cc1. The molecule has 1 aliphatic rings. The molecule has 1 unspecified atom stereocenters. The van der Waals surface area contributed by atoms with Gasteiger partial charge in [-0.25, -0.2) is 0 Å². The predicted molar refractivity (Wildman–Crippen MR) is 100 cm³/mol. The third kappa shape index (κ3) is 5.20. The molecule has 3 rings (SSSR count). The fourth-order valence-corrected chi connectivity index (χ4v) is 3.83. The Morgan fingerprint density at radius 2 is 1.79 bits per heavy atom. The summed E-state index contributed by atoms with van der Waals surface area (Å²) >= 11 is 1.40. The van der Waals surface area contributed by atoms with Crippen molar-refractivity contribution in [1.29, 1.82) is 5.26 Å². The molecule has 2 aromatic carbocycles. The number of rotatable bonds is 4. The summed E-state index contributed by atoms with van der Waals surface area (Å²) in [5.74, 6) is -0.604. The largest absolute Gasteiger partial charge is 0.573 e. The summed E-state index contributed by atoms with van der Waals surface area (Å²) in [6.07, 6.45) is -4.81. The van der Waals surface area contributed by atoms with Crippen LogP contribution in [-0.2, 0) is 4.79 Å². The van der Waals surface area contributed by atoms with E-state index in [4.69, 9.17) is 5.26 Å². The molecule has 1 heterocycles. The van der Waals surface area contributed by atoms with Gasteiger partial charge in [-0.2, -0.15) is 5.26 Å². The van der Waals surface area contributed by atoms with Crippen LogP contribution in [0.25, 0.3) is 0 Å². The lowest BCUT2D eigenvalue weighted by Crippen LogP contribution is -2.44. The highest BCUT2D eigenvalue weighted by Gasteiger charge is 2.35. The van der Waals surface area contributed by atoms with E-state index in [1.54, 1.807) is 24.3 Å². The summed E-state index contributed by atoms with van der Waals surface area (Å²) in [7, 11) is 0. The number of alkyl halides is 3. The molecule has 0 bridgehead atoms. The number of amides is 2. The van der Waals surface area contributed by atoms with Crippen molar-refractivity contribution < 1.29 is 27.5 Å². The molecule has 10 heteroatoms. The number of ether oxygens (including phenoxy) is 1. The zero-order valence-corrected chi connectivity index (χ0v) is 15.6. The number of carbonyl (C=O) groups excluding carboxylic acids is 2. The lowest BCUT2D eigenvalue weighted by molar-refractivity contribution is -0.274. The van der Waals surface area contributed by atoms with Gasteiger partial charge in [0.15, 0.2) is 0 Å². The minimum absolute atomic E-state index is 0.151. The van der Waals surface area contributed by atoms with Gasteiger partial charge < -0.3 is 15.0 Å². The van der Waals surface area contributed by atoms with E-state index in [-0.39, 0.29) is 17.3 Å². The molecular weight excluding hydrogens is 407 g/mol. The predicted octanol–water partition coefficient (Wildman–Crippen LogP) is 3.61. The van der Waals surface area contributed by atoms with Gasteiger partial charge in [-0.05, 0) is 48.5 Å². The third-order valence-corrected chi connectivity index (χ3v) is 5.07. The summed E-state index contributed by atoms with van der Waals surface area (Å²) in [5, 5.41) is 11.5. The topological polar surface area (TPSA) is 82.4 Å². The Morgan fingerprint density at radius 1 is 1.14 bits per heavy atom. The molecule has 1 aliphatic heterocycles. The first kappa shape index (κ1) is 20.5. The van der Waals surface area contributed by atoms with Gasteiger partial charge in [-0.3, -0.25) is 9.59 Å². The Kier molecular flexibility index (Phi) is 5.98. The molecule has 1 atom stereocenters. The van der Waals surface area contributed by atoms with E-state index in [2.05, 4.69) is 10.1 Å². The molecule has 0 spiro atoms. The van der Waals surface area contributed by atoms with Crippen LogP contribution in [0.15, 0.2) is 48.5 Å². The molecule has 150 valence electrons. The van der Waals surface area contributed by atoms with E-state index in [9.17, 15) is 22.8 Å². The van der Waals surface area contributed by atoms with Gasteiger partial charge in [-0.15, -0.1) is 24.9 Å². The molecule has 6 nitrogen and oxygen atoms in total. The van der Waals surface area contributed by atoms with Crippen molar-refractivity contribution in [1.82, 2.24) is 4.90 Å². The van der Waals surface area contributed by atoms with E-state index in [0.29, 0.717) is 17.0 Å². The van der Waals surface area contributed by atoms with E-state index < -0.39 is 24.1 Å². The van der Waals surface area contributed by atoms with Crippen LogP contribution in [0.4, 0.5) is 18.9 Å². The second-order valence-corrected chi connectivity index (χ2v) is 7.04.